The maximum absolute atomic E-state index is 12.8. The topological polar surface area (TPSA) is 46.2 Å². The average molecular weight is 315 g/mol. The molecule has 0 radical (unpaired) electrons. The normalized spacial score (nSPS) is 15.0. The van der Waals surface area contributed by atoms with E-state index < -0.39 is 23.8 Å². The standard InChI is InChI=1S/C15H16F3NOS/c1-9-7-21-8-13(9)14(20)12(6-19)10-3-2-4-11(5-10)15(16,17)18/h2-5,7-8,12,14,20H,6,19H2,1H3. The first-order valence-corrected chi connectivity index (χ1v) is 7.37. The molecule has 2 aromatic rings. The smallest absolute Gasteiger partial charge is 0.388 e. The number of rotatable bonds is 4. The van der Waals surface area contributed by atoms with Gasteiger partial charge in [0.25, 0.3) is 0 Å². The van der Waals surface area contributed by atoms with Crippen LogP contribution < -0.4 is 5.73 Å². The molecule has 6 heteroatoms. The predicted octanol–water partition coefficient (Wildman–Crippen LogP) is 3.85. The third kappa shape index (κ3) is 3.45. The van der Waals surface area contributed by atoms with E-state index in [1.165, 1.54) is 17.4 Å². The Morgan fingerprint density at radius 1 is 1.29 bits per heavy atom. The Hall–Kier alpha value is -1.37. The molecule has 1 aromatic carbocycles. The summed E-state index contributed by atoms with van der Waals surface area (Å²) in [5.41, 5.74) is 6.98. The number of aliphatic hydroxyl groups is 1. The third-order valence-electron chi connectivity index (χ3n) is 3.49. The van der Waals surface area contributed by atoms with Crippen LogP contribution in [0.2, 0.25) is 0 Å². The van der Waals surface area contributed by atoms with Crippen LogP contribution >= 0.6 is 11.3 Å². The SMILES string of the molecule is Cc1cscc1C(O)C(CN)c1cccc(C(F)(F)F)c1. The van der Waals surface area contributed by atoms with Gasteiger partial charge in [-0.3, -0.25) is 0 Å². The molecule has 1 heterocycles. The van der Waals surface area contributed by atoms with Crippen LogP contribution in [0, 0.1) is 6.92 Å². The van der Waals surface area contributed by atoms with Crippen molar-refractivity contribution in [3.8, 4) is 0 Å². The second kappa shape index (κ2) is 6.17. The van der Waals surface area contributed by atoms with Crippen molar-refractivity contribution in [1.29, 1.82) is 0 Å². The highest BCUT2D eigenvalue weighted by Gasteiger charge is 2.32. The molecule has 0 bridgehead atoms. The fourth-order valence-corrected chi connectivity index (χ4v) is 3.16. The van der Waals surface area contributed by atoms with E-state index in [-0.39, 0.29) is 6.54 Å². The number of aryl methyl sites for hydroxylation is 1. The molecule has 0 spiro atoms. The van der Waals surface area contributed by atoms with Crippen molar-refractivity contribution in [3.63, 3.8) is 0 Å². The van der Waals surface area contributed by atoms with Gasteiger partial charge in [-0.2, -0.15) is 24.5 Å². The van der Waals surface area contributed by atoms with Crippen molar-refractivity contribution in [2.75, 3.05) is 6.54 Å². The minimum atomic E-state index is -4.40. The van der Waals surface area contributed by atoms with E-state index in [0.717, 1.165) is 17.7 Å². The zero-order chi connectivity index (χ0) is 15.6. The first-order valence-electron chi connectivity index (χ1n) is 6.42. The summed E-state index contributed by atoms with van der Waals surface area (Å²) in [6.45, 7) is 1.92. The molecule has 0 aliphatic rings. The minimum absolute atomic E-state index is 0.0672. The Kier molecular flexibility index (Phi) is 4.70. The molecule has 0 saturated heterocycles. The lowest BCUT2D eigenvalue weighted by Gasteiger charge is -2.23. The molecule has 1 aromatic heterocycles. The Morgan fingerprint density at radius 2 is 2.00 bits per heavy atom. The van der Waals surface area contributed by atoms with Gasteiger partial charge in [-0.25, -0.2) is 0 Å². The van der Waals surface area contributed by atoms with E-state index in [1.807, 2.05) is 12.3 Å². The summed E-state index contributed by atoms with van der Waals surface area (Å²) in [5, 5.41) is 14.1. The van der Waals surface area contributed by atoms with Crippen LogP contribution in [0.5, 0.6) is 0 Å². The van der Waals surface area contributed by atoms with Gasteiger partial charge in [-0.15, -0.1) is 0 Å². The zero-order valence-corrected chi connectivity index (χ0v) is 12.2. The Morgan fingerprint density at radius 3 is 2.52 bits per heavy atom. The van der Waals surface area contributed by atoms with E-state index in [0.29, 0.717) is 11.1 Å². The van der Waals surface area contributed by atoms with Gasteiger partial charge in [0.15, 0.2) is 0 Å². The highest BCUT2D eigenvalue weighted by Crippen LogP contribution is 2.36. The number of hydrogen-bond acceptors (Lipinski definition) is 3. The molecular weight excluding hydrogens is 299 g/mol. The maximum atomic E-state index is 12.8. The van der Waals surface area contributed by atoms with Crippen LogP contribution in [0.1, 0.15) is 34.3 Å². The summed E-state index contributed by atoms with van der Waals surface area (Å²) >= 11 is 1.44. The molecule has 2 nitrogen and oxygen atoms in total. The van der Waals surface area contributed by atoms with E-state index in [1.54, 1.807) is 11.4 Å². The lowest BCUT2D eigenvalue weighted by Crippen LogP contribution is -2.21. The summed E-state index contributed by atoms with van der Waals surface area (Å²) < 4.78 is 38.3. The molecule has 0 saturated carbocycles. The van der Waals surface area contributed by atoms with Crippen molar-refractivity contribution in [2.45, 2.75) is 25.1 Å². The summed E-state index contributed by atoms with van der Waals surface area (Å²) in [7, 11) is 0. The second-order valence-corrected chi connectivity index (χ2v) is 5.66. The molecule has 0 aliphatic heterocycles. The number of benzene rings is 1. The van der Waals surface area contributed by atoms with E-state index in [2.05, 4.69) is 0 Å². The van der Waals surface area contributed by atoms with Gasteiger partial charge in [-0.05, 0) is 40.4 Å². The molecule has 114 valence electrons. The zero-order valence-electron chi connectivity index (χ0n) is 11.4. The molecule has 0 amide bonds. The van der Waals surface area contributed by atoms with Crippen LogP contribution in [-0.2, 0) is 6.18 Å². The molecule has 3 N–H and O–H groups in total. The summed E-state index contributed by atoms with van der Waals surface area (Å²) in [4.78, 5) is 0. The van der Waals surface area contributed by atoms with E-state index in [4.69, 9.17) is 5.73 Å². The second-order valence-electron chi connectivity index (χ2n) is 4.92. The van der Waals surface area contributed by atoms with Gasteiger partial charge in [0.2, 0.25) is 0 Å². The highest BCUT2D eigenvalue weighted by atomic mass is 32.1. The van der Waals surface area contributed by atoms with Gasteiger partial charge < -0.3 is 10.8 Å². The predicted molar refractivity (Wildman–Crippen MR) is 77.3 cm³/mol. The first kappa shape index (κ1) is 16.0. The molecular formula is C15H16F3NOS. The Bertz CT molecular complexity index is 609. The number of hydrogen-bond donors (Lipinski definition) is 2. The van der Waals surface area contributed by atoms with Crippen LogP contribution in [0.4, 0.5) is 13.2 Å². The Labute approximate surface area is 125 Å². The van der Waals surface area contributed by atoms with Crippen LogP contribution in [0.15, 0.2) is 35.0 Å². The maximum Gasteiger partial charge on any atom is 0.416 e. The Balaban J connectivity index is 2.36. The van der Waals surface area contributed by atoms with Crippen molar-refractivity contribution >= 4 is 11.3 Å². The van der Waals surface area contributed by atoms with Crippen LogP contribution in [-0.4, -0.2) is 11.7 Å². The monoisotopic (exact) mass is 315 g/mol. The molecule has 2 rings (SSSR count). The summed E-state index contributed by atoms with van der Waals surface area (Å²) in [6.07, 6.45) is -5.32. The number of alkyl halides is 3. The van der Waals surface area contributed by atoms with Gasteiger partial charge >= 0.3 is 6.18 Å². The fourth-order valence-electron chi connectivity index (χ4n) is 2.28. The number of thiophene rings is 1. The number of halogens is 3. The number of nitrogens with two attached hydrogens (primary N) is 1. The molecule has 0 fully saturated rings. The number of aliphatic hydroxyl groups excluding tert-OH is 1. The molecule has 21 heavy (non-hydrogen) atoms. The lowest BCUT2D eigenvalue weighted by atomic mass is 9.88. The van der Waals surface area contributed by atoms with Gasteiger partial charge in [0.1, 0.15) is 0 Å². The van der Waals surface area contributed by atoms with Crippen molar-refractivity contribution in [3.05, 3.63) is 57.3 Å². The van der Waals surface area contributed by atoms with E-state index >= 15 is 0 Å². The van der Waals surface area contributed by atoms with Crippen LogP contribution in [0.3, 0.4) is 0 Å². The molecule has 2 unspecified atom stereocenters. The highest BCUT2D eigenvalue weighted by molar-refractivity contribution is 7.08. The van der Waals surface area contributed by atoms with Gasteiger partial charge in [0, 0.05) is 12.5 Å². The fraction of sp³-hybridized carbons (Fsp3) is 0.333. The minimum Gasteiger partial charge on any atom is -0.388 e. The average Bonchev–Trinajstić information content (AvgIpc) is 2.85. The van der Waals surface area contributed by atoms with Crippen molar-refractivity contribution in [2.24, 2.45) is 5.73 Å². The van der Waals surface area contributed by atoms with Crippen molar-refractivity contribution in [1.82, 2.24) is 0 Å². The lowest BCUT2D eigenvalue weighted by molar-refractivity contribution is -0.137. The quantitative estimate of drug-likeness (QED) is 0.900. The first-order chi connectivity index (χ1) is 9.84. The molecule has 2 atom stereocenters. The van der Waals surface area contributed by atoms with Crippen LogP contribution in [0.25, 0.3) is 0 Å². The third-order valence-corrected chi connectivity index (χ3v) is 4.37. The van der Waals surface area contributed by atoms with Gasteiger partial charge in [0.05, 0.1) is 11.7 Å². The van der Waals surface area contributed by atoms with Gasteiger partial charge in [-0.1, -0.05) is 18.2 Å². The summed E-state index contributed by atoms with van der Waals surface area (Å²) in [6, 6.07) is 4.98. The van der Waals surface area contributed by atoms with E-state index in [9.17, 15) is 18.3 Å². The summed E-state index contributed by atoms with van der Waals surface area (Å²) in [5.74, 6) is -0.569. The molecule has 0 aliphatic carbocycles. The van der Waals surface area contributed by atoms with Crippen molar-refractivity contribution < 1.29 is 18.3 Å². The largest absolute Gasteiger partial charge is 0.416 e.